The summed E-state index contributed by atoms with van der Waals surface area (Å²) in [4.78, 5) is 9.29. The van der Waals surface area contributed by atoms with Crippen LogP contribution in [0.1, 0.15) is 44.9 Å². The van der Waals surface area contributed by atoms with E-state index < -0.39 is 0 Å². The molecule has 1 N–H and O–H groups in total. The topological polar surface area (TPSA) is 40.1 Å². The van der Waals surface area contributed by atoms with Crippen molar-refractivity contribution in [2.24, 2.45) is 10.9 Å². The minimum atomic E-state index is 0.824. The second-order valence-electron chi connectivity index (χ2n) is 7.00. The van der Waals surface area contributed by atoms with Gasteiger partial charge >= 0.3 is 0 Å². The van der Waals surface area contributed by atoms with Crippen LogP contribution in [0.2, 0.25) is 0 Å². The Morgan fingerprint density at radius 3 is 2.65 bits per heavy atom. The zero-order valence-electron chi connectivity index (χ0n) is 15.2. The van der Waals surface area contributed by atoms with Crippen molar-refractivity contribution < 1.29 is 4.74 Å². The maximum atomic E-state index is 5.43. The van der Waals surface area contributed by atoms with Gasteiger partial charge in [-0.05, 0) is 70.5 Å². The molecule has 2 aliphatic rings. The molecule has 0 saturated carbocycles. The average Bonchev–Trinajstić information content (AvgIpc) is 3.10. The second kappa shape index (κ2) is 10.9. The first-order valence-electron chi connectivity index (χ1n) is 9.51. The number of unbranched alkanes of at least 4 members (excludes halogenated alkanes) is 1. The molecule has 134 valence electrons. The number of likely N-dealkylation sites (tertiary alicyclic amines) is 1. The van der Waals surface area contributed by atoms with Gasteiger partial charge in [-0.1, -0.05) is 0 Å². The fraction of sp³-hybridized carbons (Fsp3) is 0.944. The van der Waals surface area contributed by atoms with Gasteiger partial charge in [0.1, 0.15) is 0 Å². The van der Waals surface area contributed by atoms with E-state index in [9.17, 15) is 0 Å². The fourth-order valence-electron chi connectivity index (χ4n) is 3.57. The Bertz CT molecular complexity index is 336. The molecule has 0 aliphatic carbocycles. The monoisotopic (exact) mass is 324 g/mol. The molecule has 0 unspecified atom stereocenters. The zero-order chi connectivity index (χ0) is 16.3. The highest BCUT2D eigenvalue weighted by molar-refractivity contribution is 5.79. The molecule has 0 atom stereocenters. The average molecular weight is 325 g/mol. The molecule has 0 bridgehead atoms. The van der Waals surface area contributed by atoms with E-state index in [0.29, 0.717) is 0 Å². The SMILES string of the molecule is CN=C(NCCCCN1CCCC1)N(C)CCC1CCOCC1. The van der Waals surface area contributed by atoms with Crippen LogP contribution in [-0.2, 0) is 4.74 Å². The van der Waals surface area contributed by atoms with E-state index in [1.807, 2.05) is 7.05 Å². The van der Waals surface area contributed by atoms with Crippen LogP contribution < -0.4 is 5.32 Å². The van der Waals surface area contributed by atoms with Crippen LogP contribution in [0.25, 0.3) is 0 Å². The molecule has 2 heterocycles. The van der Waals surface area contributed by atoms with Gasteiger partial charge in [-0.25, -0.2) is 0 Å². The summed E-state index contributed by atoms with van der Waals surface area (Å²) in [5.74, 6) is 1.86. The molecular formula is C18H36N4O. The van der Waals surface area contributed by atoms with E-state index in [0.717, 1.165) is 38.2 Å². The summed E-state index contributed by atoms with van der Waals surface area (Å²) in [5, 5.41) is 3.52. The highest BCUT2D eigenvalue weighted by atomic mass is 16.5. The number of rotatable bonds is 8. The van der Waals surface area contributed by atoms with Gasteiger partial charge in [0.05, 0.1) is 0 Å². The summed E-state index contributed by atoms with van der Waals surface area (Å²) < 4.78 is 5.43. The van der Waals surface area contributed by atoms with E-state index in [4.69, 9.17) is 4.74 Å². The lowest BCUT2D eigenvalue weighted by molar-refractivity contribution is 0.0625. The van der Waals surface area contributed by atoms with Crippen molar-refractivity contribution in [3.05, 3.63) is 0 Å². The number of hydrogen-bond acceptors (Lipinski definition) is 3. The molecule has 2 rings (SSSR count). The lowest BCUT2D eigenvalue weighted by Crippen LogP contribution is -2.40. The molecule has 0 amide bonds. The van der Waals surface area contributed by atoms with Crippen LogP contribution in [0.4, 0.5) is 0 Å². The van der Waals surface area contributed by atoms with E-state index >= 15 is 0 Å². The van der Waals surface area contributed by atoms with Crippen molar-refractivity contribution in [1.82, 2.24) is 15.1 Å². The third-order valence-corrected chi connectivity index (χ3v) is 5.17. The molecule has 0 spiro atoms. The van der Waals surface area contributed by atoms with Crippen molar-refractivity contribution in [3.63, 3.8) is 0 Å². The molecular weight excluding hydrogens is 288 g/mol. The number of guanidine groups is 1. The van der Waals surface area contributed by atoms with Crippen LogP contribution in [0, 0.1) is 5.92 Å². The lowest BCUT2D eigenvalue weighted by atomic mass is 9.96. The van der Waals surface area contributed by atoms with Gasteiger partial charge in [-0.2, -0.15) is 0 Å². The Kier molecular flexibility index (Phi) is 8.76. The summed E-state index contributed by atoms with van der Waals surface area (Å²) in [7, 11) is 4.04. The summed E-state index contributed by atoms with van der Waals surface area (Å²) >= 11 is 0. The number of aliphatic imine (C=N–C) groups is 1. The van der Waals surface area contributed by atoms with Gasteiger partial charge in [0.25, 0.3) is 0 Å². The number of nitrogens with one attached hydrogen (secondary N) is 1. The van der Waals surface area contributed by atoms with Crippen LogP contribution in [0.5, 0.6) is 0 Å². The first kappa shape index (κ1) is 18.5. The van der Waals surface area contributed by atoms with Gasteiger partial charge in [0.2, 0.25) is 0 Å². The largest absolute Gasteiger partial charge is 0.381 e. The lowest BCUT2D eigenvalue weighted by Gasteiger charge is -2.27. The van der Waals surface area contributed by atoms with Crippen LogP contribution in [0.15, 0.2) is 4.99 Å². The number of nitrogens with zero attached hydrogens (tertiary/aromatic N) is 3. The molecule has 0 radical (unpaired) electrons. The van der Waals surface area contributed by atoms with Gasteiger partial charge in [-0.15, -0.1) is 0 Å². The van der Waals surface area contributed by atoms with Crippen molar-refractivity contribution in [3.8, 4) is 0 Å². The van der Waals surface area contributed by atoms with Crippen molar-refractivity contribution >= 4 is 5.96 Å². The van der Waals surface area contributed by atoms with Gasteiger partial charge < -0.3 is 19.9 Å². The van der Waals surface area contributed by atoms with Gasteiger partial charge in [-0.3, -0.25) is 4.99 Å². The van der Waals surface area contributed by atoms with E-state index in [1.54, 1.807) is 0 Å². The Balaban J connectivity index is 1.54. The van der Waals surface area contributed by atoms with E-state index in [2.05, 4.69) is 27.2 Å². The van der Waals surface area contributed by atoms with Gasteiger partial charge in [0, 0.05) is 40.4 Å². The molecule has 5 nitrogen and oxygen atoms in total. The summed E-state index contributed by atoms with van der Waals surface area (Å²) in [5.41, 5.74) is 0. The van der Waals surface area contributed by atoms with E-state index in [1.165, 1.54) is 64.6 Å². The second-order valence-corrected chi connectivity index (χ2v) is 7.00. The highest BCUT2D eigenvalue weighted by Gasteiger charge is 2.15. The first-order chi connectivity index (χ1) is 11.3. The predicted octanol–water partition coefficient (Wildman–Crippen LogP) is 2.19. The maximum Gasteiger partial charge on any atom is 0.193 e. The summed E-state index contributed by atoms with van der Waals surface area (Å²) in [6, 6.07) is 0. The molecule has 23 heavy (non-hydrogen) atoms. The standard InChI is InChI=1S/C18H36N4O/c1-19-18(20-10-3-4-11-22-12-5-6-13-22)21(2)14-7-17-8-15-23-16-9-17/h17H,3-16H2,1-2H3,(H,19,20). The van der Waals surface area contributed by atoms with Crippen LogP contribution in [0.3, 0.4) is 0 Å². The number of hydrogen-bond donors (Lipinski definition) is 1. The molecule has 0 aromatic carbocycles. The summed E-state index contributed by atoms with van der Waals surface area (Å²) in [6.45, 7) is 7.88. The third-order valence-electron chi connectivity index (χ3n) is 5.17. The van der Waals surface area contributed by atoms with Crippen LogP contribution >= 0.6 is 0 Å². The highest BCUT2D eigenvalue weighted by Crippen LogP contribution is 2.18. The Morgan fingerprint density at radius 2 is 1.96 bits per heavy atom. The first-order valence-corrected chi connectivity index (χ1v) is 9.51. The van der Waals surface area contributed by atoms with Crippen molar-refractivity contribution in [2.75, 3.05) is 60.0 Å². The van der Waals surface area contributed by atoms with Gasteiger partial charge in [0.15, 0.2) is 5.96 Å². The smallest absolute Gasteiger partial charge is 0.193 e. The summed E-state index contributed by atoms with van der Waals surface area (Å²) in [6.07, 6.45) is 8.98. The molecule has 0 aromatic heterocycles. The van der Waals surface area contributed by atoms with E-state index in [-0.39, 0.29) is 0 Å². The normalized spacial score (nSPS) is 20.9. The van der Waals surface area contributed by atoms with Crippen LogP contribution in [-0.4, -0.2) is 75.8 Å². The molecule has 0 aromatic rings. The molecule has 2 saturated heterocycles. The maximum absolute atomic E-state index is 5.43. The minimum absolute atomic E-state index is 0.824. The number of ether oxygens (including phenoxy) is 1. The Labute approximate surface area is 142 Å². The predicted molar refractivity (Wildman–Crippen MR) is 97.1 cm³/mol. The zero-order valence-corrected chi connectivity index (χ0v) is 15.2. The molecule has 2 aliphatic heterocycles. The fourth-order valence-corrected chi connectivity index (χ4v) is 3.57. The molecule has 2 fully saturated rings. The van der Waals surface area contributed by atoms with Crippen molar-refractivity contribution in [2.45, 2.75) is 44.9 Å². The van der Waals surface area contributed by atoms with Crippen molar-refractivity contribution in [1.29, 1.82) is 0 Å². The Hall–Kier alpha value is -0.810. The molecule has 5 heteroatoms. The third kappa shape index (κ3) is 7.08. The minimum Gasteiger partial charge on any atom is -0.381 e. The quantitative estimate of drug-likeness (QED) is 0.422. The Morgan fingerprint density at radius 1 is 1.22 bits per heavy atom.